The van der Waals surface area contributed by atoms with Crippen LogP contribution in [0.2, 0.25) is 0 Å². The molecular formula is C49H37N3O. The van der Waals surface area contributed by atoms with Crippen molar-refractivity contribution in [2.45, 2.75) is 31.5 Å². The van der Waals surface area contributed by atoms with Gasteiger partial charge in [-0.05, 0) is 87.2 Å². The lowest BCUT2D eigenvalue weighted by Crippen LogP contribution is -2.29. The van der Waals surface area contributed by atoms with Crippen molar-refractivity contribution in [1.82, 2.24) is 9.88 Å². The second-order valence-corrected chi connectivity index (χ2v) is 15.2. The van der Waals surface area contributed by atoms with Crippen LogP contribution in [0.25, 0.3) is 55.0 Å². The van der Waals surface area contributed by atoms with Crippen LogP contribution in [-0.4, -0.2) is 10.3 Å². The maximum Gasteiger partial charge on any atom is 0.201 e. The third-order valence-corrected chi connectivity index (χ3v) is 11.9. The van der Waals surface area contributed by atoms with Gasteiger partial charge in [-0.1, -0.05) is 135 Å². The number of aromatic nitrogens is 1. The third-order valence-electron chi connectivity index (χ3n) is 11.9. The molecule has 0 saturated heterocycles. The molecule has 4 nitrogen and oxygen atoms in total. The Labute approximate surface area is 308 Å². The molecule has 0 radical (unpaired) electrons. The second kappa shape index (κ2) is 11.3. The van der Waals surface area contributed by atoms with Gasteiger partial charge in [0.05, 0.1) is 16.7 Å². The first-order chi connectivity index (χ1) is 26.0. The van der Waals surface area contributed by atoms with Crippen molar-refractivity contribution in [2.24, 2.45) is 10.9 Å². The van der Waals surface area contributed by atoms with Gasteiger partial charge in [0.1, 0.15) is 11.2 Å². The predicted molar refractivity (Wildman–Crippen MR) is 219 cm³/mol. The summed E-state index contributed by atoms with van der Waals surface area (Å²) in [6, 6.07) is 49.8. The Balaban J connectivity index is 1.07. The summed E-state index contributed by atoms with van der Waals surface area (Å²) < 4.78 is 8.58. The number of benzene rings is 6. The van der Waals surface area contributed by atoms with Crippen LogP contribution in [0.1, 0.15) is 53.9 Å². The van der Waals surface area contributed by atoms with E-state index in [1.807, 2.05) is 12.1 Å². The molecule has 1 N–H and O–H groups in total. The number of allylic oxidation sites excluding steroid dienone is 5. The highest BCUT2D eigenvalue weighted by Crippen LogP contribution is 2.56. The Morgan fingerprint density at radius 3 is 2.19 bits per heavy atom. The number of nitrogens with one attached hydrogen (secondary N) is 1. The smallest absolute Gasteiger partial charge is 0.201 e. The van der Waals surface area contributed by atoms with Gasteiger partial charge in [0.25, 0.3) is 0 Å². The molecule has 3 atom stereocenters. The number of nitrogens with zero attached hydrogens (tertiary/aromatic N) is 2. The summed E-state index contributed by atoms with van der Waals surface area (Å²) in [5.74, 6) is 0.625. The van der Waals surface area contributed by atoms with Gasteiger partial charge in [-0.15, -0.1) is 0 Å². The van der Waals surface area contributed by atoms with Crippen LogP contribution in [0.15, 0.2) is 173 Å². The quantitative estimate of drug-likeness (QED) is 0.201. The molecule has 53 heavy (non-hydrogen) atoms. The van der Waals surface area contributed by atoms with Crippen LogP contribution in [0, 0.1) is 5.92 Å². The number of rotatable bonds is 4. The summed E-state index contributed by atoms with van der Waals surface area (Å²) in [6.07, 6.45) is 9.17. The molecule has 254 valence electrons. The van der Waals surface area contributed by atoms with Crippen LogP contribution < -0.4 is 5.32 Å². The number of aliphatic imine (C=N–C) groups is 1. The van der Waals surface area contributed by atoms with Gasteiger partial charge in [0, 0.05) is 33.2 Å². The molecule has 0 saturated carbocycles. The minimum absolute atomic E-state index is 0.0632. The lowest BCUT2D eigenvalue weighted by Gasteiger charge is -2.30. The highest BCUT2D eigenvalue weighted by atomic mass is 16.3. The maximum absolute atomic E-state index is 6.16. The lowest BCUT2D eigenvalue weighted by atomic mass is 9.73. The largest absolute Gasteiger partial charge is 0.456 e. The zero-order valence-electron chi connectivity index (χ0n) is 29.6. The van der Waals surface area contributed by atoms with E-state index in [-0.39, 0.29) is 17.6 Å². The van der Waals surface area contributed by atoms with E-state index >= 15 is 0 Å². The van der Waals surface area contributed by atoms with Gasteiger partial charge in [-0.3, -0.25) is 0 Å². The van der Waals surface area contributed by atoms with Crippen molar-refractivity contribution in [2.75, 3.05) is 0 Å². The molecule has 8 aromatic rings. The molecule has 3 aliphatic rings. The van der Waals surface area contributed by atoms with E-state index in [1.165, 1.54) is 44.1 Å². The number of furan rings is 1. The van der Waals surface area contributed by atoms with E-state index in [9.17, 15) is 0 Å². The molecule has 0 fully saturated rings. The molecule has 2 aliphatic carbocycles. The Bertz CT molecular complexity index is 2900. The minimum Gasteiger partial charge on any atom is -0.456 e. The van der Waals surface area contributed by atoms with Crippen LogP contribution in [0.4, 0.5) is 0 Å². The van der Waals surface area contributed by atoms with E-state index in [1.54, 1.807) is 0 Å². The normalized spacial score (nSPS) is 20.3. The average Bonchev–Trinajstić information content (AvgIpc) is 3.82. The van der Waals surface area contributed by atoms with Crippen LogP contribution >= 0.6 is 0 Å². The zero-order valence-corrected chi connectivity index (χ0v) is 29.6. The third kappa shape index (κ3) is 4.58. The molecular weight excluding hydrogens is 647 g/mol. The summed E-state index contributed by atoms with van der Waals surface area (Å²) in [5, 5.41) is 8.68. The molecule has 3 unspecified atom stereocenters. The first-order valence-corrected chi connectivity index (χ1v) is 18.6. The van der Waals surface area contributed by atoms with E-state index in [2.05, 4.69) is 175 Å². The van der Waals surface area contributed by atoms with E-state index in [0.29, 0.717) is 5.92 Å². The number of hydrogen-bond donors (Lipinski definition) is 1. The number of hydrogen-bond acceptors (Lipinski definition) is 3. The summed E-state index contributed by atoms with van der Waals surface area (Å²) in [7, 11) is 0. The Kier molecular flexibility index (Phi) is 6.45. The minimum atomic E-state index is -0.335. The van der Waals surface area contributed by atoms with Crippen molar-refractivity contribution in [3.63, 3.8) is 0 Å². The molecule has 4 heteroatoms. The van der Waals surface area contributed by atoms with Crippen molar-refractivity contribution in [3.8, 4) is 0 Å². The summed E-state index contributed by atoms with van der Waals surface area (Å²) >= 11 is 0. The van der Waals surface area contributed by atoms with Crippen LogP contribution in [0.5, 0.6) is 0 Å². The van der Waals surface area contributed by atoms with E-state index in [4.69, 9.17) is 9.41 Å². The average molecular weight is 684 g/mol. The zero-order chi connectivity index (χ0) is 35.3. The highest BCUT2D eigenvalue weighted by Gasteiger charge is 2.46. The second-order valence-electron chi connectivity index (χ2n) is 15.2. The molecule has 0 amide bonds. The van der Waals surface area contributed by atoms with Gasteiger partial charge in [0.15, 0.2) is 0 Å². The van der Waals surface area contributed by atoms with Gasteiger partial charge in [0.2, 0.25) is 6.29 Å². The Morgan fingerprint density at radius 1 is 0.642 bits per heavy atom. The van der Waals surface area contributed by atoms with Gasteiger partial charge < -0.3 is 14.3 Å². The predicted octanol–water partition coefficient (Wildman–Crippen LogP) is 11.9. The van der Waals surface area contributed by atoms with Gasteiger partial charge in [-0.25, -0.2) is 4.99 Å². The van der Waals surface area contributed by atoms with Crippen LogP contribution in [0.3, 0.4) is 0 Å². The van der Waals surface area contributed by atoms with Crippen molar-refractivity contribution in [3.05, 3.63) is 192 Å². The standard InChI is InChI=1S/C49H37N3O/c1-49(2)40-23-21-32(33-22-24-47-39(26-33)35-18-10-12-20-46(35)53-47)25-36(40)37-27-38-34-17-9-11-19-44(34)52(45(38)28-41(37)49)48-50-42(30-13-5-3-6-14-30)29-43(51-48)31-15-7-4-8-16-31/h3-29,36,40,48,50H,1-2H3. The molecule has 6 aromatic carbocycles. The fourth-order valence-electron chi connectivity index (χ4n) is 9.28. The first kappa shape index (κ1) is 30.3. The Morgan fingerprint density at radius 2 is 1.36 bits per heavy atom. The van der Waals surface area contributed by atoms with E-state index in [0.717, 1.165) is 44.5 Å². The molecule has 2 aromatic heterocycles. The highest BCUT2D eigenvalue weighted by molar-refractivity contribution is 6.14. The molecule has 3 heterocycles. The van der Waals surface area contributed by atoms with Crippen molar-refractivity contribution in [1.29, 1.82) is 0 Å². The SMILES string of the molecule is CC1(C)c2cc3c(cc2C2C=C(c4ccc5oc6ccccc6c5c4)C=CC21)c1ccccc1n3C1N=C(c2ccccc2)C=C(c2ccccc2)N1. The summed E-state index contributed by atoms with van der Waals surface area (Å²) in [5.41, 5.74) is 13.8. The van der Waals surface area contributed by atoms with Crippen molar-refractivity contribution < 1.29 is 4.42 Å². The lowest BCUT2D eigenvalue weighted by molar-refractivity contribution is 0.395. The maximum atomic E-state index is 6.16. The molecule has 1 aliphatic heterocycles. The fourth-order valence-corrected chi connectivity index (χ4v) is 9.28. The number of para-hydroxylation sites is 2. The molecule has 11 rings (SSSR count). The topological polar surface area (TPSA) is 42.5 Å². The van der Waals surface area contributed by atoms with E-state index < -0.39 is 0 Å². The summed E-state index contributed by atoms with van der Waals surface area (Å²) in [6.45, 7) is 4.84. The van der Waals surface area contributed by atoms with Crippen LogP contribution in [-0.2, 0) is 5.41 Å². The Hall–Kier alpha value is -6.39. The molecule has 0 spiro atoms. The van der Waals surface area contributed by atoms with Gasteiger partial charge >= 0.3 is 0 Å². The monoisotopic (exact) mass is 683 g/mol. The summed E-state index contributed by atoms with van der Waals surface area (Å²) in [4.78, 5) is 5.42. The van der Waals surface area contributed by atoms with Gasteiger partial charge in [-0.2, -0.15) is 0 Å². The molecule has 0 bridgehead atoms. The first-order valence-electron chi connectivity index (χ1n) is 18.6. The number of fused-ring (bicyclic) bond motifs is 9. The fraction of sp³-hybridized carbons (Fsp3) is 0.122. The van der Waals surface area contributed by atoms with Crippen molar-refractivity contribution >= 4 is 60.7 Å².